The Labute approximate surface area is 116 Å². The van der Waals surface area contributed by atoms with Gasteiger partial charge in [0.15, 0.2) is 0 Å². The van der Waals surface area contributed by atoms with Crippen molar-refractivity contribution in [3.05, 3.63) is 23.5 Å². The quantitative estimate of drug-likeness (QED) is 0.816. The third-order valence-electron chi connectivity index (χ3n) is 4.29. The Hall–Kier alpha value is -1.09. The second kappa shape index (κ2) is 6.90. The van der Waals surface area contributed by atoms with Crippen molar-refractivity contribution in [3.63, 3.8) is 0 Å². The maximum absolute atomic E-state index is 9.80. The molecule has 1 aliphatic carbocycles. The van der Waals surface area contributed by atoms with Gasteiger partial charge in [0.25, 0.3) is 0 Å². The maximum Gasteiger partial charge on any atom is 0.138 e. The molecule has 0 aliphatic heterocycles. The van der Waals surface area contributed by atoms with E-state index in [1.807, 2.05) is 13.0 Å². The summed E-state index contributed by atoms with van der Waals surface area (Å²) in [5.41, 5.74) is 1.72. The van der Waals surface area contributed by atoms with Gasteiger partial charge in [-0.15, -0.1) is 0 Å². The molecule has 0 bridgehead atoms. The Morgan fingerprint density at radius 2 is 1.95 bits per heavy atom. The molecule has 1 saturated carbocycles. The molecule has 1 heterocycles. The van der Waals surface area contributed by atoms with E-state index in [4.69, 9.17) is 0 Å². The van der Waals surface area contributed by atoms with Gasteiger partial charge in [0.05, 0.1) is 5.69 Å². The second-order valence-electron chi connectivity index (χ2n) is 5.84. The molecule has 0 spiro atoms. The number of aryl methyl sites for hydroxylation is 1. The number of aromatic nitrogens is 1. The van der Waals surface area contributed by atoms with Gasteiger partial charge in [-0.25, -0.2) is 0 Å². The number of hydrogen-bond donors (Lipinski definition) is 2. The molecule has 0 amide bonds. The summed E-state index contributed by atoms with van der Waals surface area (Å²) in [6.45, 7) is 4.88. The lowest BCUT2D eigenvalue weighted by Gasteiger charge is -2.23. The molecule has 2 N–H and O–H groups in total. The number of hydrogen-bond acceptors (Lipinski definition) is 3. The first kappa shape index (κ1) is 14.3. The summed E-state index contributed by atoms with van der Waals surface area (Å²) in [4.78, 5) is 4.40. The summed E-state index contributed by atoms with van der Waals surface area (Å²) < 4.78 is 0. The number of pyridine rings is 1. The first-order valence-electron chi connectivity index (χ1n) is 7.55. The first-order chi connectivity index (χ1) is 9.16. The highest BCUT2D eigenvalue weighted by atomic mass is 16.3. The zero-order valence-electron chi connectivity index (χ0n) is 12.2. The van der Waals surface area contributed by atoms with Crippen LogP contribution in [0.1, 0.15) is 56.8 Å². The molecule has 0 aromatic carbocycles. The normalized spacial score (nSPS) is 19.1. The fraction of sp³-hybridized carbons (Fsp3) is 0.688. The first-order valence-corrected chi connectivity index (χ1v) is 7.55. The molecular weight excluding hydrogens is 236 g/mol. The van der Waals surface area contributed by atoms with Crippen LogP contribution in [0.4, 0.5) is 0 Å². The van der Waals surface area contributed by atoms with Crippen LogP contribution in [0.2, 0.25) is 0 Å². The highest BCUT2D eigenvalue weighted by molar-refractivity contribution is 5.27. The van der Waals surface area contributed by atoms with Gasteiger partial charge in [0, 0.05) is 18.3 Å². The van der Waals surface area contributed by atoms with E-state index in [9.17, 15) is 5.11 Å². The molecule has 1 atom stereocenters. The van der Waals surface area contributed by atoms with E-state index >= 15 is 0 Å². The molecule has 1 fully saturated rings. The van der Waals surface area contributed by atoms with Gasteiger partial charge in [-0.3, -0.25) is 4.98 Å². The summed E-state index contributed by atoms with van der Waals surface area (Å²) in [5.74, 6) is 1.07. The van der Waals surface area contributed by atoms with E-state index in [1.165, 1.54) is 38.5 Å². The minimum absolute atomic E-state index is 0.297. The molecule has 1 aliphatic rings. The third-order valence-corrected chi connectivity index (χ3v) is 4.29. The highest BCUT2D eigenvalue weighted by Gasteiger charge is 2.19. The minimum Gasteiger partial charge on any atom is -0.506 e. The molecule has 1 aromatic rings. The van der Waals surface area contributed by atoms with E-state index in [0.717, 1.165) is 17.3 Å². The average Bonchev–Trinajstić information content (AvgIpc) is 2.68. The van der Waals surface area contributed by atoms with E-state index in [-0.39, 0.29) is 0 Å². The van der Waals surface area contributed by atoms with Crippen LogP contribution < -0.4 is 5.32 Å². The van der Waals surface area contributed by atoms with Gasteiger partial charge in [0.2, 0.25) is 0 Å². The van der Waals surface area contributed by atoms with Gasteiger partial charge in [-0.2, -0.15) is 0 Å². The fourth-order valence-corrected chi connectivity index (χ4v) is 2.97. The summed E-state index contributed by atoms with van der Waals surface area (Å²) in [6.07, 6.45) is 8.19. The van der Waals surface area contributed by atoms with Gasteiger partial charge >= 0.3 is 0 Å². The van der Waals surface area contributed by atoms with Crippen LogP contribution in [0.15, 0.2) is 12.1 Å². The van der Waals surface area contributed by atoms with Crippen molar-refractivity contribution in [2.45, 2.75) is 65.0 Å². The molecule has 0 radical (unpaired) electrons. The topological polar surface area (TPSA) is 45.1 Å². The highest BCUT2D eigenvalue weighted by Crippen LogP contribution is 2.25. The zero-order valence-corrected chi connectivity index (χ0v) is 12.2. The number of rotatable bonds is 4. The van der Waals surface area contributed by atoms with Crippen LogP contribution in [-0.4, -0.2) is 16.1 Å². The Kier molecular flexibility index (Phi) is 5.20. The molecule has 0 saturated heterocycles. The van der Waals surface area contributed by atoms with Crippen molar-refractivity contribution in [1.29, 1.82) is 0 Å². The zero-order chi connectivity index (χ0) is 13.7. The molecule has 19 heavy (non-hydrogen) atoms. The molecule has 0 unspecified atom stereocenters. The van der Waals surface area contributed by atoms with E-state index in [1.54, 1.807) is 6.07 Å². The largest absolute Gasteiger partial charge is 0.506 e. The van der Waals surface area contributed by atoms with Gasteiger partial charge in [-0.05, 0) is 44.7 Å². The minimum atomic E-state index is 0.297. The van der Waals surface area contributed by atoms with Crippen LogP contribution in [0.5, 0.6) is 5.75 Å². The van der Waals surface area contributed by atoms with Gasteiger partial charge in [0.1, 0.15) is 5.75 Å². The van der Waals surface area contributed by atoms with Crippen molar-refractivity contribution in [2.24, 2.45) is 5.92 Å². The standard InChI is InChI=1S/C16H26N2O/c1-12-9-10-16(19)15(18-12)11-17-13(2)14-7-5-3-4-6-8-14/h9-10,13-14,17,19H,3-8,11H2,1-2H3/t13-/m0/s1. The number of nitrogens with zero attached hydrogens (tertiary/aromatic N) is 1. The van der Waals surface area contributed by atoms with Crippen molar-refractivity contribution in [3.8, 4) is 5.75 Å². The maximum atomic E-state index is 9.80. The summed E-state index contributed by atoms with van der Waals surface area (Å²) in [7, 11) is 0. The Morgan fingerprint density at radius 1 is 1.26 bits per heavy atom. The van der Waals surface area contributed by atoms with Crippen LogP contribution in [-0.2, 0) is 6.54 Å². The molecular formula is C16H26N2O. The smallest absolute Gasteiger partial charge is 0.138 e. The predicted octanol–water partition coefficient (Wildman–Crippen LogP) is 3.54. The van der Waals surface area contributed by atoms with Crippen molar-refractivity contribution >= 4 is 0 Å². The van der Waals surface area contributed by atoms with E-state index in [0.29, 0.717) is 18.3 Å². The molecule has 106 valence electrons. The summed E-state index contributed by atoms with van der Waals surface area (Å²) in [6, 6.07) is 4.07. The fourth-order valence-electron chi connectivity index (χ4n) is 2.97. The van der Waals surface area contributed by atoms with E-state index < -0.39 is 0 Å². The van der Waals surface area contributed by atoms with Crippen LogP contribution in [0, 0.1) is 12.8 Å². The van der Waals surface area contributed by atoms with E-state index in [2.05, 4.69) is 17.2 Å². The van der Waals surface area contributed by atoms with Crippen LogP contribution in [0.3, 0.4) is 0 Å². The molecule has 3 nitrogen and oxygen atoms in total. The summed E-state index contributed by atoms with van der Waals surface area (Å²) in [5, 5.41) is 13.3. The molecule has 1 aromatic heterocycles. The second-order valence-corrected chi connectivity index (χ2v) is 5.84. The van der Waals surface area contributed by atoms with Gasteiger partial charge < -0.3 is 10.4 Å². The predicted molar refractivity (Wildman–Crippen MR) is 78.1 cm³/mol. The lowest BCUT2D eigenvalue weighted by Crippen LogP contribution is -2.33. The molecule has 2 rings (SSSR count). The Morgan fingerprint density at radius 3 is 2.63 bits per heavy atom. The molecule has 3 heteroatoms. The lowest BCUT2D eigenvalue weighted by atomic mass is 9.93. The monoisotopic (exact) mass is 262 g/mol. The Bertz CT molecular complexity index is 398. The lowest BCUT2D eigenvalue weighted by molar-refractivity contribution is 0.333. The average molecular weight is 262 g/mol. The number of aromatic hydroxyl groups is 1. The van der Waals surface area contributed by atoms with Crippen molar-refractivity contribution < 1.29 is 5.11 Å². The Balaban J connectivity index is 1.88. The van der Waals surface area contributed by atoms with Crippen LogP contribution >= 0.6 is 0 Å². The number of nitrogens with one attached hydrogen (secondary N) is 1. The van der Waals surface area contributed by atoms with Crippen molar-refractivity contribution in [2.75, 3.05) is 0 Å². The van der Waals surface area contributed by atoms with Crippen molar-refractivity contribution in [1.82, 2.24) is 10.3 Å². The van der Waals surface area contributed by atoms with Gasteiger partial charge in [-0.1, -0.05) is 25.7 Å². The summed E-state index contributed by atoms with van der Waals surface area (Å²) >= 11 is 0. The third kappa shape index (κ3) is 4.20. The van der Waals surface area contributed by atoms with Crippen LogP contribution in [0.25, 0.3) is 0 Å². The SMILES string of the molecule is Cc1ccc(O)c(CN[C@@H](C)C2CCCCCC2)n1.